The third-order valence-corrected chi connectivity index (χ3v) is 3.25. The molecule has 0 spiro atoms. The summed E-state index contributed by atoms with van der Waals surface area (Å²) in [4.78, 5) is 11.9. The molecule has 2 aromatic rings. The van der Waals surface area contributed by atoms with Crippen LogP contribution in [-0.4, -0.2) is 19.2 Å². The van der Waals surface area contributed by atoms with Crippen LogP contribution < -0.4 is 10.2 Å². The van der Waals surface area contributed by atoms with Crippen molar-refractivity contribution in [2.24, 2.45) is 5.10 Å². The SMILES string of the molecule is COc1ccc(C(=O)N/N=C\c2ccc(Cl)cc2Cl)cc1. The van der Waals surface area contributed by atoms with Crippen LogP contribution in [0.15, 0.2) is 47.6 Å². The molecular formula is C15H12Cl2N2O2. The first kappa shape index (κ1) is 15.4. The molecule has 108 valence electrons. The molecule has 0 heterocycles. The smallest absolute Gasteiger partial charge is 0.271 e. The molecule has 0 saturated carbocycles. The van der Waals surface area contributed by atoms with E-state index in [2.05, 4.69) is 10.5 Å². The second kappa shape index (κ2) is 7.11. The van der Waals surface area contributed by atoms with E-state index in [9.17, 15) is 4.79 Å². The zero-order valence-corrected chi connectivity index (χ0v) is 12.7. The summed E-state index contributed by atoms with van der Waals surface area (Å²) in [7, 11) is 1.56. The Morgan fingerprint density at radius 2 is 1.90 bits per heavy atom. The predicted molar refractivity (Wildman–Crippen MR) is 84.5 cm³/mol. The Labute approximate surface area is 132 Å². The van der Waals surface area contributed by atoms with Crippen molar-refractivity contribution in [2.75, 3.05) is 7.11 Å². The summed E-state index contributed by atoms with van der Waals surface area (Å²) in [6.45, 7) is 0. The minimum atomic E-state index is -0.320. The Hall–Kier alpha value is -2.04. The quantitative estimate of drug-likeness (QED) is 0.688. The third-order valence-electron chi connectivity index (χ3n) is 2.68. The van der Waals surface area contributed by atoms with Crippen LogP contribution in [0.25, 0.3) is 0 Å². The number of benzene rings is 2. The summed E-state index contributed by atoms with van der Waals surface area (Å²) in [5, 5.41) is 4.87. The summed E-state index contributed by atoms with van der Waals surface area (Å²) in [6.07, 6.45) is 1.46. The van der Waals surface area contributed by atoms with Crippen LogP contribution in [0.3, 0.4) is 0 Å². The Bertz CT molecular complexity index is 670. The third kappa shape index (κ3) is 4.21. The van der Waals surface area contributed by atoms with E-state index in [0.717, 1.165) is 0 Å². The number of nitrogens with zero attached hydrogens (tertiary/aromatic N) is 1. The van der Waals surface area contributed by atoms with E-state index in [1.807, 2.05) is 0 Å². The first-order valence-electron chi connectivity index (χ1n) is 6.02. The fourth-order valence-electron chi connectivity index (χ4n) is 1.57. The van der Waals surface area contributed by atoms with Crippen LogP contribution in [-0.2, 0) is 0 Å². The van der Waals surface area contributed by atoms with Crippen LogP contribution in [0, 0.1) is 0 Å². The number of carbonyl (C=O) groups excluding carboxylic acids is 1. The summed E-state index contributed by atoms with van der Waals surface area (Å²) < 4.78 is 5.02. The highest BCUT2D eigenvalue weighted by molar-refractivity contribution is 6.36. The Kier molecular flexibility index (Phi) is 5.20. The van der Waals surface area contributed by atoms with E-state index in [1.165, 1.54) is 6.21 Å². The highest BCUT2D eigenvalue weighted by Crippen LogP contribution is 2.19. The lowest BCUT2D eigenvalue weighted by Gasteiger charge is -2.02. The number of carbonyl (C=O) groups is 1. The highest BCUT2D eigenvalue weighted by atomic mass is 35.5. The van der Waals surface area contributed by atoms with Crippen molar-refractivity contribution in [1.82, 2.24) is 5.43 Å². The zero-order valence-electron chi connectivity index (χ0n) is 11.1. The first-order chi connectivity index (χ1) is 10.1. The van der Waals surface area contributed by atoms with Gasteiger partial charge in [-0.2, -0.15) is 5.10 Å². The maximum absolute atomic E-state index is 11.9. The van der Waals surface area contributed by atoms with Crippen LogP contribution in [0.2, 0.25) is 10.0 Å². The van der Waals surface area contributed by atoms with Gasteiger partial charge in [0.05, 0.1) is 18.3 Å². The minimum Gasteiger partial charge on any atom is -0.497 e. The monoisotopic (exact) mass is 322 g/mol. The van der Waals surface area contributed by atoms with Gasteiger partial charge in [0.15, 0.2) is 0 Å². The van der Waals surface area contributed by atoms with Crippen LogP contribution in [0.4, 0.5) is 0 Å². The number of hydrogen-bond donors (Lipinski definition) is 1. The van der Waals surface area contributed by atoms with Gasteiger partial charge in [0, 0.05) is 16.1 Å². The first-order valence-corrected chi connectivity index (χ1v) is 6.78. The number of methoxy groups -OCH3 is 1. The number of halogens is 2. The normalized spacial score (nSPS) is 10.6. The maximum Gasteiger partial charge on any atom is 0.271 e. The molecule has 0 fully saturated rings. The van der Waals surface area contributed by atoms with E-state index < -0.39 is 0 Å². The van der Waals surface area contributed by atoms with Gasteiger partial charge in [0.25, 0.3) is 5.91 Å². The molecule has 0 radical (unpaired) electrons. The standard InChI is InChI=1S/C15H12Cl2N2O2/c1-21-13-6-3-10(4-7-13)15(20)19-18-9-11-2-5-12(16)8-14(11)17/h2-9H,1H3,(H,19,20)/b18-9-. The molecule has 1 N–H and O–H groups in total. The van der Waals surface area contributed by atoms with Crippen molar-refractivity contribution in [3.8, 4) is 5.75 Å². The second-order valence-electron chi connectivity index (χ2n) is 4.09. The van der Waals surface area contributed by atoms with E-state index in [-0.39, 0.29) is 5.91 Å². The van der Waals surface area contributed by atoms with Crippen molar-refractivity contribution in [1.29, 1.82) is 0 Å². The molecule has 4 nitrogen and oxygen atoms in total. The molecule has 0 atom stereocenters. The summed E-state index contributed by atoms with van der Waals surface area (Å²) >= 11 is 11.8. The largest absolute Gasteiger partial charge is 0.497 e. The van der Waals surface area contributed by atoms with Crippen molar-refractivity contribution in [3.63, 3.8) is 0 Å². The molecule has 6 heteroatoms. The van der Waals surface area contributed by atoms with E-state index in [0.29, 0.717) is 26.9 Å². The fraction of sp³-hybridized carbons (Fsp3) is 0.0667. The lowest BCUT2D eigenvalue weighted by molar-refractivity contribution is 0.0955. The molecule has 2 rings (SSSR count). The lowest BCUT2D eigenvalue weighted by atomic mass is 10.2. The van der Waals surface area contributed by atoms with Gasteiger partial charge in [-0.25, -0.2) is 5.43 Å². The summed E-state index contributed by atoms with van der Waals surface area (Å²) in [5.74, 6) is 0.363. The molecule has 0 bridgehead atoms. The Morgan fingerprint density at radius 1 is 1.19 bits per heavy atom. The Morgan fingerprint density at radius 3 is 2.52 bits per heavy atom. The minimum absolute atomic E-state index is 0.320. The topological polar surface area (TPSA) is 50.7 Å². The molecular weight excluding hydrogens is 311 g/mol. The van der Waals surface area contributed by atoms with E-state index >= 15 is 0 Å². The van der Waals surface area contributed by atoms with Crippen LogP contribution in [0.5, 0.6) is 5.75 Å². The molecule has 2 aromatic carbocycles. The number of amides is 1. The maximum atomic E-state index is 11.9. The van der Waals surface area contributed by atoms with Crippen molar-refractivity contribution < 1.29 is 9.53 Å². The average molecular weight is 323 g/mol. The van der Waals surface area contributed by atoms with Gasteiger partial charge in [0.2, 0.25) is 0 Å². The lowest BCUT2D eigenvalue weighted by Crippen LogP contribution is -2.17. The van der Waals surface area contributed by atoms with Crippen LogP contribution in [0.1, 0.15) is 15.9 Å². The molecule has 21 heavy (non-hydrogen) atoms. The van der Waals surface area contributed by atoms with Gasteiger partial charge < -0.3 is 4.74 Å². The molecule has 0 aliphatic carbocycles. The zero-order chi connectivity index (χ0) is 15.2. The van der Waals surface area contributed by atoms with E-state index in [1.54, 1.807) is 49.6 Å². The van der Waals surface area contributed by atoms with Gasteiger partial charge in [-0.3, -0.25) is 4.79 Å². The predicted octanol–water partition coefficient (Wildman–Crippen LogP) is 3.77. The van der Waals surface area contributed by atoms with Crippen LogP contribution >= 0.6 is 23.2 Å². The van der Waals surface area contributed by atoms with Gasteiger partial charge in [0.1, 0.15) is 5.75 Å². The molecule has 0 saturated heterocycles. The summed E-state index contributed by atoms with van der Waals surface area (Å²) in [6, 6.07) is 11.7. The van der Waals surface area contributed by atoms with Crippen molar-refractivity contribution in [2.45, 2.75) is 0 Å². The number of ether oxygens (including phenoxy) is 1. The second-order valence-corrected chi connectivity index (χ2v) is 4.94. The number of nitrogens with one attached hydrogen (secondary N) is 1. The number of hydrazone groups is 1. The molecule has 0 unspecified atom stereocenters. The molecule has 0 aliphatic rings. The number of hydrogen-bond acceptors (Lipinski definition) is 3. The van der Waals surface area contributed by atoms with Gasteiger partial charge >= 0.3 is 0 Å². The van der Waals surface area contributed by atoms with Gasteiger partial charge in [-0.05, 0) is 36.4 Å². The number of rotatable bonds is 4. The van der Waals surface area contributed by atoms with E-state index in [4.69, 9.17) is 27.9 Å². The molecule has 0 aromatic heterocycles. The van der Waals surface area contributed by atoms with Crippen molar-refractivity contribution in [3.05, 3.63) is 63.6 Å². The van der Waals surface area contributed by atoms with Gasteiger partial charge in [-0.1, -0.05) is 29.3 Å². The molecule has 0 aliphatic heterocycles. The molecule has 1 amide bonds. The fourth-order valence-corrected chi connectivity index (χ4v) is 2.03. The van der Waals surface area contributed by atoms with Gasteiger partial charge in [-0.15, -0.1) is 0 Å². The summed E-state index contributed by atoms with van der Waals surface area (Å²) in [5.41, 5.74) is 3.57. The highest BCUT2D eigenvalue weighted by Gasteiger charge is 2.04. The average Bonchev–Trinajstić information content (AvgIpc) is 2.49. The Balaban J connectivity index is 2.01. The van der Waals surface area contributed by atoms with Crippen molar-refractivity contribution >= 4 is 35.3 Å².